The SMILES string of the molecule is O=C(C=Cc1ccccc1)NCCCO. The number of hydrogen-bond acceptors (Lipinski definition) is 2. The Kier molecular flexibility index (Phi) is 5.19. The fourth-order valence-corrected chi connectivity index (χ4v) is 1.09. The van der Waals surface area contributed by atoms with Gasteiger partial charge in [0, 0.05) is 19.2 Å². The Bertz CT molecular complexity index is 320. The van der Waals surface area contributed by atoms with Crippen LogP contribution in [-0.2, 0) is 4.79 Å². The smallest absolute Gasteiger partial charge is 0.244 e. The van der Waals surface area contributed by atoms with Crippen molar-refractivity contribution in [3.63, 3.8) is 0 Å². The third-order valence-electron chi connectivity index (χ3n) is 1.86. The van der Waals surface area contributed by atoms with Gasteiger partial charge in [-0.1, -0.05) is 30.3 Å². The van der Waals surface area contributed by atoms with E-state index in [9.17, 15) is 4.79 Å². The first-order valence-electron chi connectivity index (χ1n) is 4.95. The molecular weight excluding hydrogens is 190 g/mol. The molecule has 0 aliphatic heterocycles. The predicted molar refractivity (Wildman–Crippen MR) is 60.2 cm³/mol. The summed E-state index contributed by atoms with van der Waals surface area (Å²) in [7, 11) is 0. The van der Waals surface area contributed by atoms with E-state index in [0.717, 1.165) is 5.56 Å². The number of nitrogens with one attached hydrogen (secondary N) is 1. The van der Waals surface area contributed by atoms with Gasteiger partial charge in [-0.05, 0) is 18.1 Å². The van der Waals surface area contributed by atoms with Crippen LogP contribution in [0.1, 0.15) is 12.0 Å². The van der Waals surface area contributed by atoms with E-state index >= 15 is 0 Å². The molecule has 1 amide bonds. The molecule has 0 bridgehead atoms. The highest BCUT2D eigenvalue weighted by atomic mass is 16.3. The van der Waals surface area contributed by atoms with E-state index in [1.165, 1.54) is 6.08 Å². The summed E-state index contributed by atoms with van der Waals surface area (Å²) in [5.41, 5.74) is 0.995. The third-order valence-corrected chi connectivity index (χ3v) is 1.86. The van der Waals surface area contributed by atoms with Crippen LogP contribution in [-0.4, -0.2) is 24.2 Å². The van der Waals surface area contributed by atoms with Crippen molar-refractivity contribution in [2.45, 2.75) is 6.42 Å². The average molecular weight is 205 g/mol. The van der Waals surface area contributed by atoms with Gasteiger partial charge in [-0.2, -0.15) is 0 Å². The van der Waals surface area contributed by atoms with Gasteiger partial charge in [-0.3, -0.25) is 4.79 Å². The molecule has 15 heavy (non-hydrogen) atoms. The topological polar surface area (TPSA) is 49.3 Å². The zero-order valence-corrected chi connectivity index (χ0v) is 8.52. The summed E-state index contributed by atoms with van der Waals surface area (Å²) >= 11 is 0. The number of carbonyl (C=O) groups is 1. The number of amides is 1. The van der Waals surface area contributed by atoms with Crippen molar-refractivity contribution in [2.75, 3.05) is 13.2 Å². The Balaban J connectivity index is 2.34. The van der Waals surface area contributed by atoms with Crippen LogP contribution in [0.4, 0.5) is 0 Å². The van der Waals surface area contributed by atoms with E-state index < -0.39 is 0 Å². The Morgan fingerprint density at radius 3 is 2.73 bits per heavy atom. The molecular formula is C12H15NO2. The number of aliphatic hydroxyl groups is 1. The molecule has 3 heteroatoms. The van der Waals surface area contributed by atoms with Gasteiger partial charge >= 0.3 is 0 Å². The van der Waals surface area contributed by atoms with Crippen molar-refractivity contribution >= 4 is 12.0 Å². The molecule has 0 aliphatic rings. The second-order valence-corrected chi connectivity index (χ2v) is 3.11. The largest absolute Gasteiger partial charge is 0.396 e. The van der Waals surface area contributed by atoms with E-state index in [0.29, 0.717) is 13.0 Å². The van der Waals surface area contributed by atoms with Gasteiger partial charge in [0.05, 0.1) is 0 Å². The second-order valence-electron chi connectivity index (χ2n) is 3.11. The first-order valence-corrected chi connectivity index (χ1v) is 4.95. The molecule has 0 spiro atoms. The molecule has 0 fully saturated rings. The minimum absolute atomic E-state index is 0.0999. The second kappa shape index (κ2) is 6.79. The van der Waals surface area contributed by atoms with Crippen LogP contribution in [0.5, 0.6) is 0 Å². The molecule has 1 rings (SSSR count). The zero-order valence-electron chi connectivity index (χ0n) is 8.52. The van der Waals surface area contributed by atoms with Gasteiger partial charge < -0.3 is 10.4 Å². The van der Waals surface area contributed by atoms with Crippen molar-refractivity contribution in [2.24, 2.45) is 0 Å². The van der Waals surface area contributed by atoms with Crippen LogP contribution < -0.4 is 5.32 Å². The number of carbonyl (C=O) groups excluding carboxylic acids is 1. The molecule has 1 aromatic carbocycles. The van der Waals surface area contributed by atoms with Gasteiger partial charge in [-0.25, -0.2) is 0 Å². The molecule has 0 heterocycles. The fraction of sp³-hybridized carbons (Fsp3) is 0.250. The highest BCUT2D eigenvalue weighted by Gasteiger charge is 1.93. The fourth-order valence-electron chi connectivity index (χ4n) is 1.09. The summed E-state index contributed by atoms with van der Waals surface area (Å²) in [5, 5.41) is 11.2. The van der Waals surface area contributed by atoms with Crippen LogP contribution in [0, 0.1) is 0 Å². The molecule has 80 valence electrons. The molecule has 0 saturated carbocycles. The summed E-state index contributed by atoms with van der Waals surface area (Å²) in [5.74, 6) is -0.132. The molecule has 0 atom stereocenters. The molecule has 1 aromatic rings. The van der Waals surface area contributed by atoms with Crippen LogP contribution >= 0.6 is 0 Å². The molecule has 0 unspecified atom stereocenters. The van der Waals surface area contributed by atoms with Crippen molar-refractivity contribution in [1.29, 1.82) is 0 Å². The highest BCUT2D eigenvalue weighted by Crippen LogP contribution is 2.00. The average Bonchev–Trinajstić information content (AvgIpc) is 2.28. The molecule has 3 nitrogen and oxygen atoms in total. The van der Waals surface area contributed by atoms with E-state index in [2.05, 4.69) is 5.32 Å². The molecule has 0 aromatic heterocycles. The number of aliphatic hydroxyl groups excluding tert-OH is 1. The van der Waals surface area contributed by atoms with Crippen molar-refractivity contribution < 1.29 is 9.90 Å². The van der Waals surface area contributed by atoms with Crippen LogP contribution in [0.3, 0.4) is 0 Å². The summed E-state index contributed by atoms with van der Waals surface area (Å²) in [6.07, 6.45) is 3.84. The van der Waals surface area contributed by atoms with Crippen LogP contribution in [0.2, 0.25) is 0 Å². The lowest BCUT2D eigenvalue weighted by Gasteiger charge is -1.98. The highest BCUT2D eigenvalue weighted by molar-refractivity contribution is 5.91. The van der Waals surface area contributed by atoms with E-state index in [1.807, 2.05) is 30.3 Å². The maximum Gasteiger partial charge on any atom is 0.244 e. The Labute approximate surface area is 89.4 Å². The lowest BCUT2D eigenvalue weighted by atomic mass is 10.2. The Hall–Kier alpha value is -1.61. The normalized spacial score (nSPS) is 10.5. The van der Waals surface area contributed by atoms with E-state index in [4.69, 9.17) is 5.11 Å². The van der Waals surface area contributed by atoms with E-state index in [1.54, 1.807) is 6.08 Å². The summed E-state index contributed by atoms with van der Waals surface area (Å²) < 4.78 is 0. The zero-order chi connectivity index (χ0) is 10.9. The number of rotatable bonds is 5. The van der Waals surface area contributed by atoms with Crippen LogP contribution in [0.15, 0.2) is 36.4 Å². The molecule has 0 aliphatic carbocycles. The van der Waals surface area contributed by atoms with Gasteiger partial charge in [-0.15, -0.1) is 0 Å². The van der Waals surface area contributed by atoms with Gasteiger partial charge in [0.2, 0.25) is 5.91 Å². The Morgan fingerprint density at radius 1 is 1.33 bits per heavy atom. The predicted octanol–water partition coefficient (Wildman–Crippen LogP) is 1.20. The summed E-state index contributed by atoms with van der Waals surface area (Å²) in [6, 6.07) is 9.63. The quantitative estimate of drug-likeness (QED) is 0.560. The molecule has 2 N–H and O–H groups in total. The third kappa shape index (κ3) is 4.98. The standard InChI is InChI=1S/C12H15NO2/c14-10-4-9-13-12(15)8-7-11-5-2-1-3-6-11/h1-3,5-8,14H,4,9-10H2,(H,13,15). The Morgan fingerprint density at radius 2 is 2.07 bits per heavy atom. The van der Waals surface area contributed by atoms with Crippen molar-refractivity contribution in [1.82, 2.24) is 5.32 Å². The molecule has 0 radical (unpaired) electrons. The lowest BCUT2D eigenvalue weighted by Crippen LogP contribution is -2.22. The van der Waals surface area contributed by atoms with E-state index in [-0.39, 0.29) is 12.5 Å². The molecule has 0 saturated heterocycles. The minimum Gasteiger partial charge on any atom is -0.396 e. The summed E-state index contributed by atoms with van der Waals surface area (Å²) in [4.78, 5) is 11.2. The lowest BCUT2D eigenvalue weighted by molar-refractivity contribution is -0.116. The maximum atomic E-state index is 11.2. The maximum absolute atomic E-state index is 11.2. The van der Waals surface area contributed by atoms with Gasteiger partial charge in [0.25, 0.3) is 0 Å². The minimum atomic E-state index is -0.132. The monoisotopic (exact) mass is 205 g/mol. The van der Waals surface area contributed by atoms with Crippen molar-refractivity contribution in [3.8, 4) is 0 Å². The van der Waals surface area contributed by atoms with Crippen LogP contribution in [0.25, 0.3) is 6.08 Å². The first-order chi connectivity index (χ1) is 7.33. The number of hydrogen-bond donors (Lipinski definition) is 2. The summed E-state index contributed by atoms with van der Waals surface area (Å²) in [6.45, 7) is 0.608. The van der Waals surface area contributed by atoms with Gasteiger partial charge in [0.15, 0.2) is 0 Å². The first kappa shape index (κ1) is 11.5. The van der Waals surface area contributed by atoms with Gasteiger partial charge in [0.1, 0.15) is 0 Å². The number of benzene rings is 1. The van der Waals surface area contributed by atoms with Crippen molar-refractivity contribution in [3.05, 3.63) is 42.0 Å².